The fourth-order valence-corrected chi connectivity index (χ4v) is 3.99. The number of halogens is 2. The quantitative estimate of drug-likeness (QED) is 0.467. The third-order valence-corrected chi connectivity index (χ3v) is 5.68. The van der Waals surface area contributed by atoms with Crippen molar-refractivity contribution in [2.75, 3.05) is 16.8 Å². The Hall–Kier alpha value is -3.16. The molecule has 8 heteroatoms. The van der Waals surface area contributed by atoms with Crippen LogP contribution in [0.15, 0.2) is 65.1 Å². The molecule has 31 heavy (non-hydrogen) atoms. The number of carbonyl (C=O) groups is 3. The Morgan fingerprint density at radius 3 is 2.29 bits per heavy atom. The molecule has 0 saturated heterocycles. The first-order chi connectivity index (χ1) is 14.9. The number of nitrogens with zero attached hydrogens (tertiary/aromatic N) is 1. The number of ether oxygens (including phenoxy) is 1. The monoisotopic (exact) mass is 498 g/mol. The maximum absolute atomic E-state index is 12.7. The van der Waals surface area contributed by atoms with E-state index >= 15 is 0 Å². The maximum atomic E-state index is 12.7. The van der Waals surface area contributed by atoms with Crippen molar-refractivity contribution in [3.63, 3.8) is 0 Å². The van der Waals surface area contributed by atoms with Gasteiger partial charge in [-0.25, -0.2) is 4.90 Å². The van der Waals surface area contributed by atoms with E-state index in [2.05, 4.69) is 21.2 Å². The first-order valence-electron chi connectivity index (χ1n) is 9.41. The second kappa shape index (κ2) is 8.53. The topological polar surface area (TPSA) is 75.7 Å². The van der Waals surface area contributed by atoms with E-state index in [1.54, 1.807) is 54.6 Å². The summed E-state index contributed by atoms with van der Waals surface area (Å²) in [5.74, 6) is -0.540. The van der Waals surface area contributed by atoms with Gasteiger partial charge in [-0.3, -0.25) is 14.4 Å². The van der Waals surface area contributed by atoms with Crippen molar-refractivity contribution >= 4 is 56.6 Å². The molecule has 0 saturated carbocycles. The van der Waals surface area contributed by atoms with Gasteiger partial charge >= 0.3 is 0 Å². The molecule has 1 aliphatic heterocycles. The Kier molecular flexibility index (Phi) is 5.80. The lowest BCUT2D eigenvalue weighted by molar-refractivity contribution is 0.0924. The number of nitrogens with one attached hydrogen (secondary N) is 1. The lowest BCUT2D eigenvalue weighted by atomic mass is 10.1. The molecule has 3 aromatic carbocycles. The molecule has 0 fully saturated rings. The zero-order valence-electron chi connectivity index (χ0n) is 16.3. The minimum Gasteiger partial charge on any atom is -0.493 e. The van der Waals surface area contributed by atoms with Crippen molar-refractivity contribution in [3.05, 3.63) is 86.8 Å². The molecule has 0 radical (unpaired) electrons. The van der Waals surface area contributed by atoms with Crippen molar-refractivity contribution in [2.24, 2.45) is 0 Å². The van der Waals surface area contributed by atoms with Crippen LogP contribution < -0.4 is 15.0 Å². The van der Waals surface area contributed by atoms with Crippen LogP contribution in [0.5, 0.6) is 5.75 Å². The summed E-state index contributed by atoms with van der Waals surface area (Å²) in [5.41, 5.74) is 1.80. The molecule has 0 unspecified atom stereocenters. The van der Waals surface area contributed by atoms with Gasteiger partial charge in [-0.05, 0) is 71.4 Å². The number of hydrogen-bond donors (Lipinski definition) is 1. The van der Waals surface area contributed by atoms with Crippen molar-refractivity contribution in [2.45, 2.75) is 6.92 Å². The average Bonchev–Trinajstić information content (AvgIpc) is 3.01. The summed E-state index contributed by atoms with van der Waals surface area (Å²) in [6.45, 7) is 2.39. The largest absolute Gasteiger partial charge is 0.493 e. The summed E-state index contributed by atoms with van der Waals surface area (Å²) < 4.78 is 6.11. The predicted octanol–water partition coefficient (Wildman–Crippen LogP) is 5.55. The molecule has 156 valence electrons. The lowest BCUT2D eigenvalue weighted by Gasteiger charge is -2.16. The van der Waals surface area contributed by atoms with Gasteiger partial charge in [-0.1, -0.05) is 23.7 Å². The Morgan fingerprint density at radius 1 is 1.03 bits per heavy atom. The Balaban J connectivity index is 1.55. The molecule has 1 heterocycles. The smallest absolute Gasteiger partial charge is 0.266 e. The third kappa shape index (κ3) is 3.94. The first-order valence-corrected chi connectivity index (χ1v) is 10.6. The molecule has 3 aromatic rings. The highest BCUT2D eigenvalue weighted by atomic mass is 79.9. The number of hydrogen-bond acceptors (Lipinski definition) is 4. The Bertz CT molecular complexity index is 1190. The van der Waals surface area contributed by atoms with Crippen LogP contribution in [0.2, 0.25) is 5.02 Å². The van der Waals surface area contributed by atoms with E-state index in [9.17, 15) is 14.4 Å². The highest BCUT2D eigenvalue weighted by Gasteiger charge is 2.36. The summed E-state index contributed by atoms with van der Waals surface area (Å²) in [6, 6.07) is 16.2. The zero-order valence-corrected chi connectivity index (χ0v) is 18.7. The fraction of sp³-hybridized carbons (Fsp3) is 0.0870. The van der Waals surface area contributed by atoms with Gasteiger partial charge in [0.1, 0.15) is 5.75 Å². The molecule has 0 spiro atoms. The number of amides is 3. The molecule has 0 bridgehead atoms. The summed E-state index contributed by atoms with van der Waals surface area (Å²) in [7, 11) is 0. The number of rotatable bonds is 5. The number of fused-ring (bicyclic) bond motifs is 1. The highest BCUT2D eigenvalue weighted by Crippen LogP contribution is 2.33. The van der Waals surface area contributed by atoms with Crippen molar-refractivity contribution in [1.82, 2.24) is 0 Å². The van der Waals surface area contributed by atoms with Gasteiger partial charge in [-0.15, -0.1) is 0 Å². The van der Waals surface area contributed by atoms with Crippen molar-refractivity contribution in [1.29, 1.82) is 0 Å². The summed E-state index contributed by atoms with van der Waals surface area (Å²) in [6.07, 6.45) is 0. The fourth-order valence-electron chi connectivity index (χ4n) is 3.28. The normalized spacial score (nSPS) is 12.7. The zero-order chi connectivity index (χ0) is 22.1. The van der Waals surface area contributed by atoms with E-state index in [4.69, 9.17) is 16.3 Å². The average molecular weight is 500 g/mol. The molecule has 0 atom stereocenters. The molecule has 4 rings (SSSR count). The maximum Gasteiger partial charge on any atom is 0.266 e. The predicted molar refractivity (Wildman–Crippen MR) is 122 cm³/mol. The van der Waals surface area contributed by atoms with Gasteiger partial charge in [0.2, 0.25) is 0 Å². The Labute approximate surface area is 191 Å². The van der Waals surface area contributed by atoms with Gasteiger partial charge in [-0.2, -0.15) is 0 Å². The molecular formula is C23H16BrClN2O4. The molecule has 1 aliphatic rings. The van der Waals surface area contributed by atoms with Crippen LogP contribution >= 0.6 is 27.5 Å². The minimum absolute atomic E-state index is 0.201. The van der Waals surface area contributed by atoms with Crippen LogP contribution in [0.4, 0.5) is 11.4 Å². The molecule has 0 aliphatic carbocycles. The van der Waals surface area contributed by atoms with Crippen LogP contribution in [0.1, 0.15) is 38.0 Å². The summed E-state index contributed by atoms with van der Waals surface area (Å²) >= 11 is 9.74. The van der Waals surface area contributed by atoms with E-state index in [-0.39, 0.29) is 10.9 Å². The van der Waals surface area contributed by atoms with Gasteiger partial charge in [0.05, 0.1) is 38.6 Å². The SMILES string of the molecule is CCOc1ccc(C(=O)Nc2ccc(N3C(=O)c4ccccc4C3=O)cc2Cl)cc1Br. The Morgan fingerprint density at radius 2 is 1.71 bits per heavy atom. The minimum atomic E-state index is -0.410. The van der Waals surface area contributed by atoms with Crippen LogP contribution in [-0.4, -0.2) is 24.3 Å². The van der Waals surface area contributed by atoms with Gasteiger partial charge in [0.25, 0.3) is 17.7 Å². The molecule has 6 nitrogen and oxygen atoms in total. The van der Waals surface area contributed by atoms with Crippen molar-refractivity contribution in [3.8, 4) is 5.75 Å². The molecule has 0 aromatic heterocycles. The second-order valence-corrected chi connectivity index (χ2v) is 7.95. The van der Waals surface area contributed by atoms with Crippen LogP contribution in [0, 0.1) is 0 Å². The third-order valence-electron chi connectivity index (χ3n) is 4.75. The number of benzene rings is 3. The molecule has 1 N–H and O–H groups in total. The highest BCUT2D eigenvalue weighted by molar-refractivity contribution is 9.10. The van der Waals surface area contributed by atoms with Gasteiger partial charge in [0.15, 0.2) is 0 Å². The molecule has 3 amide bonds. The standard InChI is InChI=1S/C23H16BrClN2O4/c1-2-31-20-10-7-13(11-17(20)24)21(28)26-19-9-8-14(12-18(19)25)27-22(29)15-5-3-4-6-16(15)23(27)30/h3-12H,2H2,1H3,(H,26,28). The first kappa shape index (κ1) is 21.1. The van der Waals surface area contributed by atoms with Crippen molar-refractivity contribution < 1.29 is 19.1 Å². The summed E-state index contributed by atoms with van der Waals surface area (Å²) in [4.78, 5) is 39.0. The van der Waals surface area contributed by atoms with Crippen LogP contribution in [0.3, 0.4) is 0 Å². The summed E-state index contributed by atoms with van der Waals surface area (Å²) in [5, 5.41) is 2.94. The number of imide groups is 1. The lowest BCUT2D eigenvalue weighted by Crippen LogP contribution is -2.29. The molecular weight excluding hydrogens is 484 g/mol. The van der Waals surface area contributed by atoms with E-state index in [1.165, 1.54) is 6.07 Å². The number of carbonyl (C=O) groups excluding carboxylic acids is 3. The van der Waals surface area contributed by atoms with E-state index < -0.39 is 11.8 Å². The number of anilines is 2. The van der Waals surface area contributed by atoms with E-state index in [0.717, 1.165) is 4.90 Å². The van der Waals surface area contributed by atoms with E-state index in [1.807, 2.05) is 6.92 Å². The van der Waals surface area contributed by atoms with Gasteiger partial charge < -0.3 is 10.1 Å². The van der Waals surface area contributed by atoms with E-state index in [0.29, 0.717) is 44.9 Å². The second-order valence-electron chi connectivity index (χ2n) is 6.69. The van der Waals surface area contributed by atoms with Gasteiger partial charge in [0, 0.05) is 5.56 Å². The van der Waals surface area contributed by atoms with Crippen LogP contribution in [0.25, 0.3) is 0 Å². The van der Waals surface area contributed by atoms with Crippen LogP contribution in [-0.2, 0) is 0 Å².